The Balaban J connectivity index is 1.97. The lowest BCUT2D eigenvalue weighted by atomic mass is 10.1. The first-order valence-electron chi connectivity index (χ1n) is 5.66. The first-order chi connectivity index (χ1) is 8.29. The molecule has 0 aliphatic carbocycles. The lowest BCUT2D eigenvalue weighted by Gasteiger charge is -2.26. The Labute approximate surface area is 105 Å². The molecule has 0 spiro atoms. The van der Waals surface area contributed by atoms with Crippen LogP contribution in [0.15, 0.2) is 29.4 Å². The topological polar surface area (TPSA) is 61.9 Å². The summed E-state index contributed by atoms with van der Waals surface area (Å²) < 4.78 is 0. The van der Waals surface area contributed by atoms with Crippen molar-refractivity contribution in [3.8, 4) is 0 Å². The number of nitrogens with two attached hydrogens (primary N) is 1. The third-order valence-electron chi connectivity index (χ3n) is 2.87. The third kappa shape index (κ3) is 3.38. The first kappa shape index (κ1) is 12.3. The summed E-state index contributed by atoms with van der Waals surface area (Å²) >= 11 is 2.02. The van der Waals surface area contributed by atoms with Gasteiger partial charge in [0, 0.05) is 36.7 Å². The average Bonchev–Trinajstić information content (AvgIpc) is 2.40. The van der Waals surface area contributed by atoms with E-state index in [0.29, 0.717) is 0 Å². The first-order valence-corrected chi connectivity index (χ1v) is 6.82. The van der Waals surface area contributed by atoms with Crippen molar-refractivity contribution in [2.45, 2.75) is 6.54 Å². The highest BCUT2D eigenvalue weighted by Gasteiger charge is 2.10. The van der Waals surface area contributed by atoms with Crippen LogP contribution in [0, 0.1) is 0 Å². The summed E-state index contributed by atoms with van der Waals surface area (Å²) in [5.41, 5.74) is 7.54. The minimum Gasteiger partial charge on any atom is -0.409 e. The van der Waals surface area contributed by atoms with Crippen LogP contribution in [-0.4, -0.2) is 40.5 Å². The van der Waals surface area contributed by atoms with E-state index in [9.17, 15) is 0 Å². The predicted molar refractivity (Wildman–Crippen MR) is 71.6 cm³/mol. The van der Waals surface area contributed by atoms with E-state index in [1.54, 1.807) is 0 Å². The summed E-state index contributed by atoms with van der Waals surface area (Å²) in [6.07, 6.45) is 0. The molecule has 5 heteroatoms. The van der Waals surface area contributed by atoms with Crippen molar-refractivity contribution in [3.63, 3.8) is 0 Å². The van der Waals surface area contributed by atoms with Crippen LogP contribution < -0.4 is 5.73 Å². The second-order valence-electron chi connectivity index (χ2n) is 4.07. The van der Waals surface area contributed by atoms with Crippen LogP contribution in [0.1, 0.15) is 11.1 Å². The summed E-state index contributed by atoms with van der Waals surface area (Å²) in [6, 6.07) is 7.86. The zero-order valence-electron chi connectivity index (χ0n) is 9.67. The maximum atomic E-state index is 8.57. The van der Waals surface area contributed by atoms with Gasteiger partial charge in [-0.3, -0.25) is 4.90 Å². The number of amidine groups is 1. The molecular weight excluding hydrogens is 234 g/mol. The van der Waals surface area contributed by atoms with Gasteiger partial charge < -0.3 is 10.9 Å². The number of hydrogen-bond acceptors (Lipinski definition) is 4. The molecule has 0 bridgehead atoms. The van der Waals surface area contributed by atoms with Gasteiger partial charge in [-0.2, -0.15) is 11.8 Å². The molecule has 3 N–H and O–H groups in total. The normalized spacial score (nSPS) is 18.2. The molecule has 1 aliphatic rings. The fourth-order valence-electron chi connectivity index (χ4n) is 1.86. The second kappa shape index (κ2) is 5.93. The van der Waals surface area contributed by atoms with Crippen LogP contribution in [0.4, 0.5) is 0 Å². The molecule has 0 aromatic heterocycles. The molecule has 1 heterocycles. The van der Waals surface area contributed by atoms with Gasteiger partial charge in [0.15, 0.2) is 5.84 Å². The zero-order valence-corrected chi connectivity index (χ0v) is 10.5. The van der Waals surface area contributed by atoms with Gasteiger partial charge in [0.25, 0.3) is 0 Å². The van der Waals surface area contributed by atoms with E-state index in [0.717, 1.165) is 25.2 Å². The van der Waals surface area contributed by atoms with Crippen LogP contribution in [-0.2, 0) is 6.54 Å². The predicted octanol–water partition coefficient (Wildman–Crippen LogP) is 1.33. The summed E-state index contributed by atoms with van der Waals surface area (Å²) in [4.78, 5) is 2.45. The number of hydrogen-bond donors (Lipinski definition) is 2. The summed E-state index contributed by atoms with van der Waals surface area (Å²) in [5, 5.41) is 11.6. The molecule has 1 aliphatic heterocycles. The van der Waals surface area contributed by atoms with Crippen molar-refractivity contribution in [1.82, 2.24) is 4.90 Å². The Morgan fingerprint density at radius 1 is 1.29 bits per heavy atom. The maximum Gasteiger partial charge on any atom is 0.170 e. The molecule has 4 nitrogen and oxygen atoms in total. The fraction of sp³-hybridized carbons (Fsp3) is 0.417. The van der Waals surface area contributed by atoms with Crippen molar-refractivity contribution < 1.29 is 5.21 Å². The summed E-state index contributed by atoms with van der Waals surface area (Å²) in [7, 11) is 0. The molecule has 0 saturated carbocycles. The minimum absolute atomic E-state index is 0.158. The number of oxime groups is 1. The monoisotopic (exact) mass is 251 g/mol. The zero-order chi connectivity index (χ0) is 12.1. The molecule has 1 saturated heterocycles. The van der Waals surface area contributed by atoms with E-state index in [2.05, 4.69) is 10.1 Å². The van der Waals surface area contributed by atoms with Crippen molar-refractivity contribution in [2.75, 3.05) is 24.6 Å². The Kier molecular flexibility index (Phi) is 4.28. The molecule has 0 unspecified atom stereocenters. The van der Waals surface area contributed by atoms with Gasteiger partial charge in [-0.1, -0.05) is 29.4 Å². The van der Waals surface area contributed by atoms with Crippen molar-refractivity contribution >= 4 is 17.6 Å². The van der Waals surface area contributed by atoms with E-state index in [-0.39, 0.29) is 5.84 Å². The van der Waals surface area contributed by atoms with E-state index in [1.165, 1.54) is 17.1 Å². The molecular formula is C12H17N3OS. The van der Waals surface area contributed by atoms with Gasteiger partial charge in [-0.15, -0.1) is 0 Å². The molecule has 1 fully saturated rings. The molecule has 2 rings (SSSR count). The van der Waals surface area contributed by atoms with Gasteiger partial charge in [0.05, 0.1) is 0 Å². The number of thioether (sulfide) groups is 1. The van der Waals surface area contributed by atoms with E-state index in [1.807, 2.05) is 36.0 Å². The summed E-state index contributed by atoms with van der Waals surface area (Å²) in [5.74, 6) is 2.61. The Hall–Kier alpha value is -1.20. The highest BCUT2D eigenvalue weighted by Crippen LogP contribution is 2.13. The molecule has 0 atom stereocenters. The molecule has 0 amide bonds. The lowest BCUT2D eigenvalue weighted by Crippen LogP contribution is -2.31. The fourth-order valence-corrected chi connectivity index (χ4v) is 2.83. The van der Waals surface area contributed by atoms with Crippen molar-refractivity contribution in [3.05, 3.63) is 35.4 Å². The van der Waals surface area contributed by atoms with Gasteiger partial charge in [-0.25, -0.2) is 0 Å². The van der Waals surface area contributed by atoms with E-state index in [4.69, 9.17) is 10.9 Å². The van der Waals surface area contributed by atoms with E-state index >= 15 is 0 Å². The molecule has 92 valence electrons. The van der Waals surface area contributed by atoms with Gasteiger partial charge in [-0.05, 0) is 5.56 Å². The maximum absolute atomic E-state index is 8.57. The molecule has 17 heavy (non-hydrogen) atoms. The number of rotatable bonds is 3. The third-order valence-corrected chi connectivity index (χ3v) is 3.81. The number of nitrogens with zero attached hydrogens (tertiary/aromatic N) is 2. The standard InChI is InChI=1S/C12H17N3OS/c13-12(14-16)11-3-1-10(2-4-11)9-15-5-7-17-8-6-15/h1-4,16H,5-9H2,(H2,13,14). The van der Waals surface area contributed by atoms with Crippen LogP contribution in [0.2, 0.25) is 0 Å². The quantitative estimate of drug-likeness (QED) is 0.368. The lowest BCUT2D eigenvalue weighted by molar-refractivity contribution is 0.294. The number of benzene rings is 1. The van der Waals surface area contributed by atoms with Crippen molar-refractivity contribution in [2.24, 2.45) is 10.9 Å². The Bertz CT molecular complexity index is 385. The van der Waals surface area contributed by atoms with Crippen molar-refractivity contribution in [1.29, 1.82) is 0 Å². The average molecular weight is 251 g/mol. The SMILES string of the molecule is N/C(=N\O)c1ccc(CN2CCSCC2)cc1. The molecule has 1 aromatic carbocycles. The van der Waals surface area contributed by atoms with E-state index < -0.39 is 0 Å². The van der Waals surface area contributed by atoms with Gasteiger partial charge in [0.1, 0.15) is 0 Å². The van der Waals surface area contributed by atoms with Crippen LogP contribution >= 0.6 is 11.8 Å². The second-order valence-corrected chi connectivity index (χ2v) is 5.30. The van der Waals surface area contributed by atoms with Gasteiger partial charge >= 0.3 is 0 Å². The van der Waals surface area contributed by atoms with Crippen LogP contribution in [0.5, 0.6) is 0 Å². The van der Waals surface area contributed by atoms with Gasteiger partial charge in [0.2, 0.25) is 0 Å². The highest BCUT2D eigenvalue weighted by molar-refractivity contribution is 7.99. The Morgan fingerprint density at radius 2 is 1.94 bits per heavy atom. The largest absolute Gasteiger partial charge is 0.409 e. The smallest absolute Gasteiger partial charge is 0.170 e. The molecule has 1 aromatic rings. The Morgan fingerprint density at radius 3 is 2.53 bits per heavy atom. The van der Waals surface area contributed by atoms with Crippen LogP contribution in [0.25, 0.3) is 0 Å². The summed E-state index contributed by atoms with van der Waals surface area (Å²) in [6.45, 7) is 3.30. The molecule has 0 radical (unpaired) electrons. The van der Waals surface area contributed by atoms with Crippen LogP contribution in [0.3, 0.4) is 0 Å². The highest BCUT2D eigenvalue weighted by atomic mass is 32.2. The minimum atomic E-state index is 0.158.